The minimum atomic E-state index is -0.730. The zero-order chi connectivity index (χ0) is 13.3. The van der Waals surface area contributed by atoms with Crippen molar-refractivity contribution >= 4 is 5.91 Å². The van der Waals surface area contributed by atoms with Crippen LogP contribution in [0.3, 0.4) is 0 Å². The van der Waals surface area contributed by atoms with E-state index in [9.17, 15) is 4.79 Å². The Morgan fingerprint density at radius 2 is 1.82 bits per heavy atom. The zero-order valence-corrected chi connectivity index (χ0v) is 12.0. The molecule has 4 nitrogen and oxygen atoms in total. The molecule has 0 atom stereocenters. The maximum Gasteiger partial charge on any atom is 0.254 e. The smallest absolute Gasteiger partial charge is 0.254 e. The van der Waals surface area contributed by atoms with Crippen LogP contribution in [0.2, 0.25) is 0 Å². The van der Waals surface area contributed by atoms with E-state index in [0.29, 0.717) is 0 Å². The quantitative estimate of drug-likeness (QED) is 0.729. The zero-order valence-electron chi connectivity index (χ0n) is 12.0. The third kappa shape index (κ3) is 2.80. The summed E-state index contributed by atoms with van der Waals surface area (Å²) in [5.74, 6) is 0.0492. The van der Waals surface area contributed by atoms with Gasteiger partial charge in [0.15, 0.2) is 0 Å². The van der Waals surface area contributed by atoms with E-state index in [1.165, 1.54) is 19.3 Å². The van der Waals surface area contributed by atoms with E-state index in [2.05, 4.69) is 19.0 Å². The van der Waals surface area contributed by atoms with Gasteiger partial charge in [-0.25, -0.2) is 0 Å². The van der Waals surface area contributed by atoms with Gasteiger partial charge in [0, 0.05) is 26.2 Å². The molecule has 4 heteroatoms. The van der Waals surface area contributed by atoms with Gasteiger partial charge in [-0.2, -0.15) is 0 Å². The first-order valence-electron chi connectivity index (χ1n) is 6.23. The summed E-state index contributed by atoms with van der Waals surface area (Å²) < 4.78 is 5.24. The normalized spacial score (nSPS) is 19.0. The SMILES string of the molecule is COC(C)(C)C(=O)N(C)CC1(N(C)C)CCC1. The van der Waals surface area contributed by atoms with E-state index < -0.39 is 5.60 Å². The highest BCUT2D eigenvalue weighted by molar-refractivity contribution is 5.84. The molecule has 0 aromatic heterocycles. The monoisotopic (exact) mass is 242 g/mol. The molecule has 0 unspecified atom stereocenters. The molecule has 1 saturated carbocycles. The third-order valence-corrected chi connectivity index (χ3v) is 4.14. The van der Waals surface area contributed by atoms with Gasteiger partial charge < -0.3 is 14.5 Å². The van der Waals surface area contributed by atoms with Gasteiger partial charge in [0.05, 0.1) is 0 Å². The number of amides is 1. The number of hydrogen-bond donors (Lipinski definition) is 0. The highest BCUT2D eigenvalue weighted by Crippen LogP contribution is 2.36. The molecule has 0 aromatic rings. The molecule has 0 aliphatic heterocycles. The van der Waals surface area contributed by atoms with Gasteiger partial charge in [0.1, 0.15) is 5.60 Å². The molecular weight excluding hydrogens is 216 g/mol. The Kier molecular flexibility index (Phi) is 4.20. The molecule has 1 aliphatic rings. The summed E-state index contributed by atoms with van der Waals surface area (Å²) in [4.78, 5) is 16.3. The van der Waals surface area contributed by atoms with Crippen molar-refractivity contribution in [3.8, 4) is 0 Å². The summed E-state index contributed by atoms with van der Waals surface area (Å²) in [6.45, 7) is 4.41. The van der Waals surface area contributed by atoms with Crippen LogP contribution >= 0.6 is 0 Å². The van der Waals surface area contributed by atoms with Crippen molar-refractivity contribution in [1.82, 2.24) is 9.80 Å². The summed E-state index contributed by atoms with van der Waals surface area (Å²) in [5.41, 5.74) is -0.555. The van der Waals surface area contributed by atoms with E-state index >= 15 is 0 Å². The number of hydrogen-bond acceptors (Lipinski definition) is 3. The van der Waals surface area contributed by atoms with Gasteiger partial charge in [-0.3, -0.25) is 4.79 Å². The first-order valence-corrected chi connectivity index (χ1v) is 6.23. The average molecular weight is 242 g/mol. The van der Waals surface area contributed by atoms with Crippen molar-refractivity contribution in [3.63, 3.8) is 0 Å². The van der Waals surface area contributed by atoms with Crippen LogP contribution < -0.4 is 0 Å². The first kappa shape index (κ1) is 14.5. The number of carbonyl (C=O) groups is 1. The molecule has 1 rings (SSSR count). The number of rotatable bonds is 5. The molecule has 1 fully saturated rings. The van der Waals surface area contributed by atoms with Crippen LogP contribution in [0.25, 0.3) is 0 Å². The van der Waals surface area contributed by atoms with Gasteiger partial charge >= 0.3 is 0 Å². The predicted octanol–water partition coefficient (Wildman–Crippen LogP) is 1.35. The predicted molar refractivity (Wildman–Crippen MR) is 69.0 cm³/mol. The van der Waals surface area contributed by atoms with Crippen molar-refractivity contribution in [1.29, 1.82) is 0 Å². The van der Waals surface area contributed by atoms with Crippen LogP contribution in [0, 0.1) is 0 Å². The highest BCUT2D eigenvalue weighted by atomic mass is 16.5. The number of ether oxygens (including phenoxy) is 1. The van der Waals surface area contributed by atoms with E-state index in [-0.39, 0.29) is 11.4 Å². The minimum Gasteiger partial charge on any atom is -0.369 e. The summed E-state index contributed by atoms with van der Waals surface area (Å²) in [6, 6.07) is 0. The van der Waals surface area contributed by atoms with E-state index in [4.69, 9.17) is 4.74 Å². The molecule has 1 aliphatic carbocycles. The highest BCUT2D eigenvalue weighted by Gasteiger charge is 2.42. The lowest BCUT2D eigenvalue weighted by Gasteiger charge is -2.49. The van der Waals surface area contributed by atoms with Crippen molar-refractivity contribution < 1.29 is 9.53 Å². The largest absolute Gasteiger partial charge is 0.369 e. The standard InChI is InChI=1S/C13H26N2O2/c1-12(2,17-6)11(16)15(5)10-13(14(3)4)8-7-9-13/h7-10H2,1-6H3. The fourth-order valence-corrected chi connectivity index (χ4v) is 2.39. The van der Waals surface area contributed by atoms with Crippen molar-refractivity contribution in [3.05, 3.63) is 0 Å². The van der Waals surface area contributed by atoms with Gasteiger partial charge in [-0.15, -0.1) is 0 Å². The maximum atomic E-state index is 12.2. The molecule has 1 amide bonds. The second kappa shape index (κ2) is 4.94. The van der Waals surface area contributed by atoms with E-state index in [1.54, 1.807) is 7.11 Å². The molecule has 0 bridgehead atoms. The molecule has 0 radical (unpaired) electrons. The lowest BCUT2D eigenvalue weighted by atomic mass is 9.75. The number of methoxy groups -OCH3 is 1. The van der Waals surface area contributed by atoms with Crippen molar-refractivity contribution in [2.75, 3.05) is 34.8 Å². The van der Waals surface area contributed by atoms with Crippen LogP contribution in [-0.2, 0) is 9.53 Å². The van der Waals surface area contributed by atoms with Gasteiger partial charge in [0.25, 0.3) is 5.91 Å². The Bertz CT molecular complexity index is 283. The van der Waals surface area contributed by atoms with Crippen molar-refractivity contribution in [2.45, 2.75) is 44.2 Å². The fourth-order valence-electron chi connectivity index (χ4n) is 2.39. The lowest BCUT2D eigenvalue weighted by molar-refractivity contribution is -0.152. The number of nitrogens with zero attached hydrogens (tertiary/aromatic N) is 2. The molecular formula is C13H26N2O2. The molecule has 0 heterocycles. The second-order valence-electron chi connectivity index (χ2n) is 5.85. The van der Waals surface area contributed by atoms with Crippen LogP contribution in [0.5, 0.6) is 0 Å². The van der Waals surface area contributed by atoms with Crippen LogP contribution in [0.4, 0.5) is 0 Å². The van der Waals surface area contributed by atoms with Crippen LogP contribution in [0.15, 0.2) is 0 Å². The summed E-state index contributed by atoms with van der Waals surface area (Å²) in [5, 5.41) is 0. The van der Waals surface area contributed by atoms with E-state index in [1.807, 2.05) is 25.8 Å². The number of likely N-dealkylation sites (N-methyl/N-ethyl adjacent to an activating group) is 2. The molecule has 0 saturated heterocycles. The Hall–Kier alpha value is -0.610. The summed E-state index contributed by atoms with van der Waals surface area (Å²) in [6.07, 6.45) is 3.60. The Labute approximate surface area is 105 Å². The maximum absolute atomic E-state index is 12.2. The molecule has 0 N–H and O–H groups in total. The molecule has 17 heavy (non-hydrogen) atoms. The number of carbonyl (C=O) groups excluding carboxylic acids is 1. The van der Waals surface area contributed by atoms with Gasteiger partial charge in [-0.05, 0) is 47.2 Å². The van der Waals surface area contributed by atoms with Crippen LogP contribution in [0.1, 0.15) is 33.1 Å². The van der Waals surface area contributed by atoms with E-state index in [0.717, 1.165) is 6.54 Å². The lowest BCUT2D eigenvalue weighted by Crippen LogP contribution is -2.59. The second-order valence-corrected chi connectivity index (χ2v) is 5.85. The van der Waals surface area contributed by atoms with Gasteiger partial charge in [-0.1, -0.05) is 0 Å². The summed E-state index contributed by atoms with van der Waals surface area (Å²) in [7, 11) is 7.64. The van der Waals surface area contributed by atoms with Crippen molar-refractivity contribution in [2.24, 2.45) is 0 Å². The van der Waals surface area contributed by atoms with Gasteiger partial charge in [0.2, 0.25) is 0 Å². The topological polar surface area (TPSA) is 32.8 Å². The Morgan fingerprint density at radius 3 is 2.12 bits per heavy atom. The Balaban J connectivity index is 2.66. The molecule has 0 aromatic carbocycles. The third-order valence-electron chi connectivity index (χ3n) is 4.14. The average Bonchev–Trinajstić information content (AvgIpc) is 2.21. The summed E-state index contributed by atoms with van der Waals surface area (Å²) >= 11 is 0. The minimum absolute atomic E-state index is 0.0492. The molecule has 0 spiro atoms. The molecule has 100 valence electrons. The Morgan fingerprint density at radius 1 is 1.29 bits per heavy atom. The van der Waals surface area contributed by atoms with Crippen LogP contribution in [-0.4, -0.2) is 61.6 Å². The first-order chi connectivity index (χ1) is 7.75. The fraction of sp³-hybridized carbons (Fsp3) is 0.923.